The summed E-state index contributed by atoms with van der Waals surface area (Å²) in [4.78, 5) is 19.6. The molecular formula is C18H15N3O3S2. The van der Waals surface area contributed by atoms with Gasteiger partial charge in [0.2, 0.25) is 0 Å². The van der Waals surface area contributed by atoms with Gasteiger partial charge in [0.1, 0.15) is 22.4 Å². The van der Waals surface area contributed by atoms with Crippen LogP contribution in [0.25, 0.3) is 10.2 Å². The molecule has 0 fully saturated rings. The number of rotatable bonds is 5. The van der Waals surface area contributed by atoms with E-state index >= 15 is 0 Å². The highest BCUT2D eigenvalue weighted by molar-refractivity contribution is 8.15. The van der Waals surface area contributed by atoms with E-state index in [9.17, 15) is 10.1 Å². The first-order valence-electron chi connectivity index (χ1n) is 8.06. The molecule has 2 heterocycles. The summed E-state index contributed by atoms with van der Waals surface area (Å²) in [6.45, 7) is 2.46. The lowest BCUT2D eigenvalue weighted by Gasteiger charge is -2.06. The number of nitro benzene ring substituents is 1. The van der Waals surface area contributed by atoms with Crippen molar-refractivity contribution < 1.29 is 9.66 Å². The van der Waals surface area contributed by atoms with Gasteiger partial charge in [-0.05, 0) is 42.8 Å². The van der Waals surface area contributed by atoms with Gasteiger partial charge in [0, 0.05) is 17.9 Å². The standard InChI is InChI=1S/C18H15N3O3S2/c1-11-10-25-17(19-11)18-20-15-7-6-14(8-16(15)26-18)24-9-12-2-4-13(5-3-12)21(22)23/h2-8,11H,9-10H2,1H3/t11-/m0/s1. The minimum atomic E-state index is -0.409. The van der Waals surface area contributed by atoms with Crippen molar-refractivity contribution in [2.45, 2.75) is 19.6 Å². The van der Waals surface area contributed by atoms with E-state index in [4.69, 9.17) is 4.74 Å². The predicted molar refractivity (Wildman–Crippen MR) is 106 cm³/mol. The molecule has 0 bridgehead atoms. The lowest BCUT2D eigenvalue weighted by atomic mass is 10.2. The molecule has 0 spiro atoms. The van der Waals surface area contributed by atoms with E-state index in [0.29, 0.717) is 12.6 Å². The number of thioether (sulfide) groups is 1. The molecule has 6 nitrogen and oxygen atoms in total. The van der Waals surface area contributed by atoms with Crippen molar-refractivity contribution in [2.75, 3.05) is 5.75 Å². The van der Waals surface area contributed by atoms with Gasteiger partial charge in [-0.15, -0.1) is 23.1 Å². The van der Waals surface area contributed by atoms with Gasteiger partial charge in [0.15, 0.2) is 0 Å². The maximum absolute atomic E-state index is 10.7. The van der Waals surface area contributed by atoms with Gasteiger partial charge in [-0.2, -0.15) is 0 Å². The van der Waals surface area contributed by atoms with E-state index in [1.807, 2.05) is 18.2 Å². The zero-order valence-corrected chi connectivity index (χ0v) is 15.5. The van der Waals surface area contributed by atoms with Gasteiger partial charge in [0.05, 0.1) is 21.2 Å². The number of thiazole rings is 1. The molecule has 4 rings (SSSR count). The van der Waals surface area contributed by atoms with E-state index in [1.54, 1.807) is 35.2 Å². The largest absolute Gasteiger partial charge is 0.489 e. The van der Waals surface area contributed by atoms with Crippen molar-refractivity contribution in [2.24, 2.45) is 4.99 Å². The van der Waals surface area contributed by atoms with Crippen molar-refractivity contribution in [3.8, 4) is 5.75 Å². The van der Waals surface area contributed by atoms with Gasteiger partial charge in [-0.3, -0.25) is 15.1 Å². The third kappa shape index (κ3) is 3.56. The third-order valence-corrected chi connectivity index (χ3v) is 6.27. The molecular weight excluding hydrogens is 370 g/mol. The van der Waals surface area contributed by atoms with Crippen LogP contribution < -0.4 is 4.74 Å². The summed E-state index contributed by atoms with van der Waals surface area (Å²) in [5.41, 5.74) is 1.90. The maximum Gasteiger partial charge on any atom is 0.269 e. The zero-order chi connectivity index (χ0) is 18.1. The quantitative estimate of drug-likeness (QED) is 0.471. The van der Waals surface area contributed by atoms with Crippen LogP contribution in [0.1, 0.15) is 17.5 Å². The summed E-state index contributed by atoms with van der Waals surface area (Å²) in [6.07, 6.45) is 0. The average molecular weight is 385 g/mol. The highest BCUT2D eigenvalue weighted by Gasteiger charge is 2.19. The molecule has 0 aliphatic carbocycles. The average Bonchev–Trinajstić information content (AvgIpc) is 3.25. The van der Waals surface area contributed by atoms with Crippen LogP contribution in [0.3, 0.4) is 0 Å². The first-order valence-corrected chi connectivity index (χ1v) is 9.86. The Morgan fingerprint density at radius 2 is 2.08 bits per heavy atom. The Hall–Kier alpha value is -2.45. The van der Waals surface area contributed by atoms with Crippen LogP contribution in [0.15, 0.2) is 47.5 Å². The minimum absolute atomic E-state index is 0.0781. The lowest BCUT2D eigenvalue weighted by Crippen LogP contribution is -1.96. The van der Waals surface area contributed by atoms with E-state index in [0.717, 1.165) is 37.3 Å². The number of nitro groups is 1. The molecule has 3 aromatic rings. The Labute approximate surface area is 158 Å². The number of aromatic nitrogens is 1. The second-order valence-corrected chi connectivity index (χ2v) is 7.99. The van der Waals surface area contributed by atoms with Crippen LogP contribution in [0, 0.1) is 10.1 Å². The summed E-state index contributed by atoms with van der Waals surface area (Å²) >= 11 is 3.37. The van der Waals surface area contributed by atoms with Crippen LogP contribution in [-0.2, 0) is 6.61 Å². The van der Waals surface area contributed by atoms with E-state index in [-0.39, 0.29) is 5.69 Å². The number of hydrogen-bond acceptors (Lipinski definition) is 7. The summed E-state index contributed by atoms with van der Waals surface area (Å²) in [5.74, 6) is 1.76. The molecule has 8 heteroatoms. The van der Waals surface area contributed by atoms with Crippen LogP contribution in [0.5, 0.6) is 5.75 Å². The van der Waals surface area contributed by atoms with Crippen LogP contribution in [0.4, 0.5) is 5.69 Å². The van der Waals surface area contributed by atoms with Gasteiger partial charge in [-0.25, -0.2) is 4.98 Å². The van der Waals surface area contributed by atoms with Gasteiger partial charge in [-0.1, -0.05) is 0 Å². The van der Waals surface area contributed by atoms with Crippen LogP contribution in [0.2, 0.25) is 0 Å². The first-order chi connectivity index (χ1) is 12.6. The lowest BCUT2D eigenvalue weighted by molar-refractivity contribution is -0.384. The molecule has 0 saturated carbocycles. The fourth-order valence-electron chi connectivity index (χ4n) is 2.56. The SMILES string of the molecule is C[C@H]1CSC(c2nc3ccc(OCc4ccc([N+](=O)[O-])cc4)cc3s2)=N1. The molecule has 0 amide bonds. The number of fused-ring (bicyclic) bond motifs is 1. The second-order valence-electron chi connectivity index (χ2n) is 5.96. The molecule has 1 aromatic heterocycles. The summed E-state index contributed by atoms with van der Waals surface area (Å²) in [7, 11) is 0. The summed E-state index contributed by atoms with van der Waals surface area (Å²) in [6, 6.07) is 12.5. The summed E-state index contributed by atoms with van der Waals surface area (Å²) < 4.78 is 6.89. The first kappa shape index (κ1) is 17.0. The fourth-order valence-corrected chi connectivity index (χ4v) is 4.64. The van der Waals surface area contributed by atoms with E-state index in [1.165, 1.54) is 12.1 Å². The Kier molecular flexibility index (Phi) is 4.60. The second kappa shape index (κ2) is 7.05. The molecule has 1 atom stereocenters. The summed E-state index contributed by atoms with van der Waals surface area (Å²) in [5, 5.41) is 12.7. The number of nitrogens with zero attached hydrogens (tertiary/aromatic N) is 3. The Bertz CT molecular complexity index is 999. The molecule has 0 unspecified atom stereocenters. The topological polar surface area (TPSA) is 77.6 Å². The Balaban J connectivity index is 1.48. The highest BCUT2D eigenvalue weighted by Crippen LogP contribution is 2.31. The van der Waals surface area contributed by atoms with Crippen LogP contribution in [-0.4, -0.2) is 26.7 Å². The normalized spacial score (nSPS) is 16.7. The van der Waals surface area contributed by atoms with Crippen molar-refractivity contribution in [3.63, 3.8) is 0 Å². The minimum Gasteiger partial charge on any atom is -0.489 e. The molecule has 1 aliphatic rings. The highest BCUT2D eigenvalue weighted by atomic mass is 32.2. The Morgan fingerprint density at radius 1 is 1.27 bits per heavy atom. The molecule has 1 aliphatic heterocycles. The van der Waals surface area contributed by atoms with Crippen LogP contribution >= 0.6 is 23.1 Å². The number of benzene rings is 2. The number of ether oxygens (including phenoxy) is 1. The molecule has 0 radical (unpaired) electrons. The van der Waals surface area contributed by atoms with Crippen molar-refractivity contribution >= 4 is 44.0 Å². The van der Waals surface area contributed by atoms with Crippen molar-refractivity contribution in [1.82, 2.24) is 4.98 Å². The molecule has 26 heavy (non-hydrogen) atoms. The molecule has 0 saturated heterocycles. The fraction of sp³-hybridized carbons (Fsp3) is 0.222. The van der Waals surface area contributed by atoms with Crippen molar-refractivity contribution in [1.29, 1.82) is 0 Å². The molecule has 2 aromatic carbocycles. The molecule has 0 N–H and O–H groups in total. The van der Waals surface area contributed by atoms with Gasteiger partial charge < -0.3 is 4.74 Å². The predicted octanol–water partition coefficient (Wildman–Crippen LogP) is 4.67. The maximum atomic E-state index is 10.7. The van der Waals surface area contributed by atoms with Gasteiger partial charge >= 0.3 is 0 Å². The number of hydrogen-bond donors (Lipinski definition) is 0. The van der Waals surface area contributed by atoms with E-state index < -0.39 is 4.92 Å². The smallest absolute Gasteiger partial charge is 0.269 e. The molecule has 132 valence electrons. The Morgan fingerprint density at radius 3 is 2.77 bits per heavy atom. The number of aliphatic imine (C=N–C) groups is 1. The van der Waals surface area contributed by atoms with Gasteiger partial charge in [0.25, 0.3) is 5.69 Å². The third-order valence-electron chi connectivity index (χ3n) is 3.89. The zero-order valence-electron chi connectivity index (χ0n) is 13.9. The van der Waals surface area contributed by atoms with Crippen molar-refractivity contribution in [3.05, 3.63) is 63.1 Å². The monoisotopic (exact) mass is 385 g/mol. The van der Waals surface area contributed by atoms with E-state index in [2.05, 4.69) is 16.9 Å². The number of non-ortho nitro benzene ring substituents is 1.